The van der Waals surface area contributed by atoms with E-state index in [0.29, 0.717) is 5.56 Å². The lowest BCUT2D eigenvalue weighted by Crippen LogP contribution is -2.32. The van der Waals surface area contributed by atoms with Crippen LogP contribution in [0.1, 0.15) is 23.2 Å². The van der Waals surface area contributed by atoms with E-state index < -0.39 is 12.0 Å². The highest BCUT2D eigenvalue weighted by Gasteiger charge is 2.15. The summed E-state index contributed by atoms with van der Waals surface area (Å²) in [5.41, 5.74) is 6.04. The molecule has 5 nitrogen and oxygen atoms in total. The van der Waals surface area contributed by atoms with E-state index in [9.17, 15) is 9.59 Å². The molecule has 0 aromatic carbocycles. The number of carbonyl (C=O) groups excluding carboxylic acids is 2. The Morgan fingerprint density at radius 1 is 1.56 bits per heavy atom. The molecule has 0 aliphatic heterocycles. The lowest BCUT2D eigenvalue weighted by Gasteiger charge is -2.07. The molecule has 16 heavy (non-hydrogen) atoms. The molecule has 1 heterocycles. The number of esters is 1. The van der Waals surface area contributed by atoms with E-state index in [4.69, 9.17) is 5.73 Å². The molecule has 0 bridgehead atoms. The third-order valence-corrected chi connectivity index (χ3v) is 2.17. The summed E-state index contributed by atoms with van der Waals surface area (Å²) in [6.07, 6.45) is 3.57. The second-order valence-electron chi connectivity index (χ2n) is 3.33. The first-order valence-corrected chi connectivity index (χ1v) is 4.91. The quantitative estimate of drug-likeness (QED) is 0.581. The number of rotatable bonds is 5. The van der Waals surface area contributed by atoms with Gasteiger partial charge in [-0.15, -0.1) is 0 Å². The van der Waals surface area contributed by atoms with Gasteiger partial charge in [0.05, 0.1) is 7.11 Å². The smallest absolute Gasteiger partial charge is 0.322 e. The Balaban J connectivity index is 2.45. The number of methoxy groups -OCH3 is 1. The summed E-state index contributed by atoms with van der Waals surface area (Å²) in [5.74, 6) is -0.577. The van der Waals surface area contributed by atoms with Crippen LogP contribution in [0, 0.1) is 0 Å². The fraction of sp³-hybridized carbons (Fsp3) is 0.364. The number of hydrogen-bond donors (Lipinski definition) is 1. The minimum Gasteiger partial charge on any atom is -0.468 e. The van der Waals surface area contributed by atoms with Crippen molar-refractivity contribution in [2.24, 2.45) is 5.73 Å². The van der Waals surface area contributed by atoms with Gasteiger partial charge in [-0.2, -0.15) is 0 Å². The summed E-state index contributed by atoms with van der Waals surface area (Å²) in [6.45, 7) is 0. The molecule has 0 saturated carbocycles. The van der Waals surface area contributed by atoms with Crippen LogP contribution in [0.3, 0.4) is 0 Å². The van der Waals surface area contributed by atoms with Crippen LogP contribution < -0.4 is 5.73 Å². The molecule has 0 amide bonds. The van der Waals surface area contributed by atoms with Gasteiger partial charge in [-0.3, -0.25) is 14.6 Å². The van der Waals surface area contributed by atoms with Crippen molar-refractivity contribution < 1.29 is 14.3 Å². The molecule has 86 valence electrons. The molecule has 5 heteroatoms. The van der Waals surface area contributed by atoms with Gasteiger partial charge < -0.3 is 10.5 Å². The molecule has 1 aromatic heterocycles. The van der Waals surface area contributed by atoms with Crippen molar-refractivity contribution in [3.8, 4) is 0 Å². The molecule has 1 rings (SSSR count). The Hall–Kier alpha value is -1.75. The van der Waals surface area contributed by atoms with Crippen LogP contribution in [0.2, 0.25) is 0 Å². The van der Waals surface area contributed by atoms with E-state index >= 15 is 0 Å². The molecule has 0 spiro atoms. The van der Waals surface area contributed by atoms with Crippen LogP contribution in [0.4, 0.5) is 0 Å². The minimum absolute atomic E-state index is 0.0764. The van der Waals surface area contributed by atoms with E-state index in [1.807, 2.05) is 0 Å². The molecule has 0 aliphatic carbocycles. The van der Waals surface area contributed by atoms with Gasteiger partial charge >= 0.3 is 5.97 Å². The largest absolute Gasteiger partial charge is 0.468 e. The van der Waals surface area contributed by atoms with Gasteiger partial charge in [-0.25, -0.2) is 0 Å². The molecule has 1 aromatic rings. The average molecular weight is 222 g/mol. The molecular formula is C11H14N2O3. The van der Waals surface area contributed by atoms with E-state index in [0.717, 1.165) is 0 Å². The number of nitrogens with zero attached hydrogens (tertiary/aromatic N) is 1. The van der Waals surface area contributed by atoms with Crippen LogP contribution in [0.25, 0.3) is 0 Å². The molecule has 0 saturated heterocycles. The maximum atomic E-state index is 11.6. The number of hydrogen-bond acceptors (Lipinski definition) is 5. The van der Waals surface area contributed by atoms with Gasteiger partial charge in [-0.05, 0) is 18.6 Å². The third-order valence-electron chi connectivity index (χ3n) is 2.17. The van der Waals surface area contributed by atoms with Gasteiger partial charge in [0.2, 0.25) is 0 Å². The van der Waals surface area contributed by atoms with Crippen LogP contribution >= 0.6 is 0 Å². The number of carbonyl (C=O) groups is 2. The van der Waals surface area contributed by atoms with Gasteiger partial charge in [-0.1, -0.05) is 0 Å². The maximum Gasteiger partial charge on any atom is 0.322 e. The highest BCUT2D eigenvalue weighted by atomic mass is 16.5. The predicted octanol–water partition coefficient (Wildman–Crippen LogP) is 0.545. The predicted molar refractivity (Wildman–Crippen MR) is 57.8 cm³/mol. The van der Waals surface area contributed by atoms with E-state index in [1.54, 1.807) is 18.3 Å². The Bertz CT molecular complexity index is 365. The van der Waals surface area contributed by atoms with Crippen molar-refractivity contribution in [3.05, 3.63) is 30.1 Å². The van der Waals surface area contributed by atoms with Gasteiger partial charge in [0.25, 0.3) is 0 Å². The van der Waals surface area contributed by atoms with Crippen molar-refractivity contribution >= 4 is 11.8 Å². The van der Waals surface area contributed by atoms with Gasteiger partial charge in [0.1, 0.15) is 6.04 Å². The van der Waals surface area contributed by atoms with Crippen LogP contribution in [-0.2, 0) is 9.53 Å². The van der Waals surface area contributed by atoms with E-state index in [2.05, 4.69) is 9.72 Å². The van der Waals surface area contributed by atoms with Crippen LogP contribution in [0.5, 0.6) is 0 Å². The Kier molecular flexibility index (Phi) is 4.60. The van der Waals surface area contributed by atoms with Gasteiger partial charge in [0.15, 0.2) is 5.78 Å². The van der Waals surface area contributed by atoms with Crippen molar-refractivity contribution in [2.45, 2.75) is 18.9 Å². The second-order valence-corrected chi connectivity index (χ2v) is 3.33. The Morgan fingerprint density at radius 2 is 2.31 bits per heavy atom. The standard InChI is InChI=1S/C11H14N2O3/c1-16-11(15)9(12)4-5-10(14)8-3-2-6-13-7-8/h2-3,6-7,9H,4-5,12H2,1H3/t9-/m1/s1. The number of pyridine rings is 1. The second kappa shape index (κ2) is 5.97. The van der Waals surface area contributed by atoms with Crippen molar-refractivity contribution in [2.75, 3.05) is 7.11 Å². The number of ketones is 1. The molecule has 1 atom stereocenters. The number of aromatic nitrogens is 1. The summed E-state index contributed by atoms with van der Waals surface area (Å²) in [6, 6.07) is 2.62. The monoisotopic (exact) mass is 222 g/mol. The SMILES string of the molecule is COC(=O)[C@H](N)CCC(=O)c1cccnc1. The fourth-order valence-corrected chi connectivity index (χ4v) is 1.23. The normalized spacial score (nSPS) is 11.9. The molecule has 0 fully saturated rings. The van der Waals surface area contributed by atoms with Crippen molar-refractivity contribution in [1.82, 2.24) is 4.98 Å². The summed E-state index contributed by atoms with van der Waals surface area (Å²) in [4.78, 5) is 26.4. The summed E-state index contributed by atoms with van der Waals surface area (Å²) in [7, 11) is 1.27. The topological polar surface area (TPSA) is 82.3 Å². The molecule has 2 N–H and O–H groups in total. The van der Waals surface area contributed by atoms with Crippen LogP contribution in [-0.4, -0.2) is 29.9 Å². The highest BCUT2D eigenvalue weighted by Crippen LogP contribution is 2.05. The third kappa shape index (κ3) is 3.43. The summed E-state index contributed by atoms with van der Waals surface area (Å²) in [5, 5.41) is 0. The molecule has 0 unspecified atom stereocenters. The molecule has 0 aliphatic rings. The zero-order valence-corrected chi connectivity index (χ0v) is 9.05. The lowest BCUT2D eigenvalue weighted by molar-refractivity contribution is -0.142. The lowest BCUT2D eigenvalue weighted by atomic mass is 10.1. The Morgan fingerprint density at radius 3 is 2.88 bits per heavy atom. The average Bonchev–Trinajstić information content (AvgIpc) is 2.35. The first-order chi connectivity index (χ1) is 7.65. The molecule has 0 radical (unpaired) electrons. The van der Waals surface area contributed by atoms with Crippen molar-refractivity contribution in [1.29, 1.82) is 0 Å². The first kappa shape index (κ1) is 12.3. The number of ether oxygens (including phenoxy) is 1. The maximum absolute atomic E-state index is 11.6. The molecular weight excluding hydrogens is 208 g/mol. The summed E-state index contributed by atoms with van der Waals surface area (Å²) < 4.78 is 4.46. The van der Waals surface area contributed by atoms with Gasteiger partial charge in [0, 0.05) is 24.4 Å². The Labute approximate surface area is 93.6 Å². The van der Waals surface area contributed by atoms with Crippen molar-refractivity contribution in [3.63, 3.8) is 0 Å². The van der Waals surface area contributed by atoms with E-state index in [1.165, 1.54) is 13.3 Å². The highest BCUT2D eigenvalue weighted by molar-refractivity contribution is 5.96. The van der Waals surface area contributed by atoms with Crippen LogP contribution in [0.15, 0.2) is 24.5 Å². The number of nitrogens with two attached hydrogens (primary N) is 1. The first-order valence-electron chi connectivity index (χ1n) is 4.91. The van der Waals surface area contributed by atoms with E-state index in [-0.39, 0.29) is 18.6 Å². The fourth-order valence-electron chi connectivity index (χ4n) is 1.23. The number of Topliss-reactive ketones (excluding diaryl/α,β-unsaturated/α-hetero) is 1. The minimum atomic E-state index is -0.745. The zero-order chi connectivity index (χ0) is 12.0. The summed E-state index contributed by atoms with van der Waals surface area (Å²) >= 11 is 0. The zero-order valence-electron chi connectivity index (χ0n) is 9.05.